The Morgan fingerprint density at radius 1 is 1.25 bits per heavy atom. The van der Waals surface area contributed by atoms with Crippen molar-refractivity contribution in [2.75, 3.05) is 0 Å². The number of hydrogen-bond donors (Lipinski definition) is 0. The zero-order chi connectivity index (χ0) is 14.7. The number of nitrogens with zero attached hydrogens (tertiary/aromatic N) is 1. The zero-order valence-corrected chi connectivity index (χ0v) is 11.4. The Morgan fingerprint density at radius 3 is 2.65 bits per heavy atom. The van der Waals surface area contributed by atoms with Crippen LogP contribution in [0.1, 0.15) is 11.1 Å². The van der Waals surface area contributed by atoms with Crippen LogP contribution in [0.5, 0.6) is 11.5 Å². The third-order valence-corrected chi connectivity index (χ3v) is 3.06. The lowest BCUT2D eigenvalue weighted by Gasteiger charge is -2.11. The molecular weight excluding hydrogens is 285 g/mol. The Kier molecular flexibility index (Phi) is 4.20. The van der Waals surface area contributed by atoms with Gasteiger partial charge in [-0.3, -0.25) is 10.1 Å². The summed E-state index contributed by atoms with van der Waals surface area (Å²) < 4.78 is 18.8. The summed E-state index contributed by atoms with van der Waals surface area (Å²) in [5.74, 6) is 0.371. The van der Waals surface area contributed by atoms with E-state index in [9.17, 15) is 14.5 Å². The maximum atomic E-state index is 13.2. The van der Waals surface area contributed by atoms with Crippen LogP contribution in [0, 0.1) is 22.9 Å². The summed E-state index contributed by atoms with van der Waals surface area (Å²) in [7, 11) is 0. The van der Waals surface area contributed by atoms with Crippen LogP contribution in [-0.2, 0) is 5.88 Å². The molecule has 0 spiro atoms. The third kappa shape index (κ3) is 3.05. The topological polar surface area (TPSA) is 52.4 Å². The van der Waals surface area contributed by atoms with Crippen molar-refractivity contribution in [1.29, 1.82) is 0 Å². The molecule has 0 unspecified atom stereocenters. The average Bonchev–Trinajstić information content (AvgIpc) is 2.43. The minimum atomic E-state index is -0.507. The zero-order valence-electron chi connectivity index (χ0n) is 10.6. The molecule has 2 aromatic carbocycles. The number of hydrogen-bond acceptors (Lipinski definition) is 3. The van der Waals surface area contributed by atoms with E-state index in [4.69, 9.17) is 16.3 Å². The van der Waals surface area contributed by atoms with Crippen molar-refractivity contribution >= 4 is 17.3 Å². The second-order valence-corrected chi connectivity index (χ2v) is 4.46. The summed E-state index contributed by atoms with van der Waals surface area (Å²) in [5, 5.41) is 10.7. The number of nitro groups is 1. The van der Waals surface area contributed by atoms with Gasteiger partial charge in [-0.05, 0) is 24.6 Å². The molecular formula is C14H11ClFNO3. The molecule has 0 atom stereocenters. The third-order valence-electron chi connectivity index (χ3n) is 2.77. The fourth-order valence-corrected chi connectivity index (χ4v) is 1.89. The summed E-state index contributed by atoms with van der Waals surface area (Å²) in [6.45, 7) is 1.78. The van der Waals surface area contributed by atoms with Gasteiger partial charge in [-0.1, -0.05) is 6.07 Å². The number of rotatable bonds is 4. The predicted molar refractivity (Wildman–Crippen MR) is 73.9 cm³/mol. The van der Waals surface area contributed by atoms with Gasteiger partial charge in [0.1, 0.15) is 17.3 Å². The van der Waals surface area contributed by atoms with Gasteiger partial charge < -0.3 is 4.74 Å². The number of benzene rings is 2. The highest BCUT2D eigenvalue weighted by Crippen LogP contribution is 2.31. The Bertz CT molecular complexity index is 661. The lowest BCUT2D eigenvalue weighted by Crippen LogP contribution is -1.95. The summed E-state index contributed by atoms with van der Waals surface area (Å²) in [6.07, 6.45) is 0. The fraction of sp³-hybridized carbons (Fsp3) is 0.143. The van der Waals surface area contributed by atoms with Gasteiger partial charge in [-0.15, -0.1) is 11.6 Å². The molecule has 0 aliphatic carbocycles. The van der Waals surface area contributed by atoms with Crippen LogP contribution in [0.2, 0.25) is 0 Å². The van der Waals surface area contributed by atoms with Crippen molar-refractivity contribution < 1.29 is 14.1 Å². The van der Waals surface area contributed by atoms with E-state index in [1.54, 1.807) is 13.0 Å². The van der Waals surface area contributed by atoms with Gasteiger partial charge in [0, 0.05) is 23.8 Å². The summed E-state index contributed by atoms with van der Waals surface area (Å²) >= 11 is 5.77. The lowest BCUT2D eigenvalue weighted by atomic mass is 10.2. The van der Waals surface area contributed by atoms with E-state index in [0.29, 0.717) is 17.1 Å². The highest BCUT2D eigenvalue weighted by Gasteiger charge is 2.13. The Hall–Kier alpha value is -2.14. The van der Waals surface area contributed by atoms with Crippen LogP contribution in [0.4, 0.5) is 10.1 Å². The van der Waals surface area contributed by atoms with Gasteiger partial charge in [0.15, 0.2) is 0 Å². The second kappa shape index (κ2) is 5.88. The van der Waals surface area contributed by atoms with Crippen LogP contribution in [0.3, 0.4) is 0 Å². The van der Waals surface area contributed by atoms with Gasteiger partial charge >= 0.3 is 0 Å². The molecule has 0 heterocycles. The number of aryl methyl sites for hydroxylation is 1. The molecule has 0 saturated carbocycles. The monoisotopic (exact) mass is 295 g/mol. The Morgan fingerprint density at radius 2 is 2.00 bits per heavy atom. The highest BCUT2D eigenvalue weighted by molar-refractivity contribution is 6.17. The van der Waals surface area contributed by atoms with E-state index in [2.05, 4.69) is 0 Å². The molecule has 0 saturated heterocycles. The van der Waals surface area contributed by atoms with E-state index in [-0.39, 0.29) is 11.6 Å². The minimum Gasteiger partial charge on any atom is -0.457 e. The smallest absolute Gasteiger partial charge is 0.270 e. The summed E-state index contributed by atoms with van der Waals surface area (Å²) in [5.41, 5.74) is 1.17. The van der Waals surface area contributed by atoms with Crippen LogP contribution < -0.4 is 4.74 Å². The SMILES string of the molecule is Cc1ccc(F)cc1Oc1ccc([N+](=O)[O-])cc1CCl. The summed E-state index contributed by atoms with van der Waals surface area (Å²) in [6, 6.07) is 8.31. The first kappa shape index (κ1) is 14.3. The molecule has 0 bridgehead atoms. The van der Waals surface area contributed by atoms with Crippen LogP contribution >= 0.6 is 11.6 Å². The van der Waals surface area contributed by atoms with Crippen molar-refractivity contribution in [2.24, 2.45) is 0 Å². The fourth-order valence-electron chi connectivity index (χ4n) is 1.69. The molecule has 0 aromatic heterocycles. The first-order chi connectivity index (χ1) is 9.51. The molecule has 6 heteroatoms. The van der Waals surface area contributed by atoms with Crippen molar-refractivity contribution in [3.8, 4) is 11.5 Å². The van der Waals surface area contributed by atoms with Crippen molar-refractivity contribution in [2.45, 2.75) is 12.8 Å². The van der Waals surface area contributed by atoms with Gasteiger partial charge in [0.05, 0.1) is 10.8 Å². The van der Waals surface area contributed by atoms with Gasteiger partial charge in [-0.2, -0.15) is 0 Å². The summed E-state index contributed by atoms with van der Waals surface area (Å²) in [4.78, 5) is 10.2. The van der Waals surface area contributed by atoms with Gasteiger partial charge in [-0.25, -0.2) is 4.39 Å². The second-order valence-electron chi connectivity index (χ2n) is 4.19. The maximum Gasteiger partial charge on any atom is 0.270 e. The number of ether oxygens (including phenoxy) is 1. The van der Waals surface area contributed by atoms with Crippen molar-refractivity contribution in [3.05, 3.63) is 63.5 Å². The minimum absolute atomic E-state index is 0.0609. The first-order valence-corrected chi connectivity index (χ1v) is 6.32. The molecule has 0 N–H and O–H groups in total. The largest absolute Gasteiger partial charge is 0.457 e. The molecule has 0 radical (unpaired) electrons. The van der Waals surface area contributed by atoms with Gasteiger partial charge in [0.2, 0.25) is 0 Å². The van der Waals surface area contributed by atoms with Crippen molar-refractivity contribution in [1.82, 2.24) is 0 Å². The maximum absolute atomic E-state index is 13.2. The van der Waals surface area contributed by atoms with Crippen LogP contribution in [0.25, 0.3) is 0 Å². The van der Waals surface area contributed by atoms with Gasteiger partial charge in [0.25, 0.3) is 5.69 Å². The van der Waals surface area contributed by atoms with E-state index >= 15 is 0 Å². The number of non-ortho nitro benzene ring substituents is 1. The standard InChI is InChI=1S/C14H11ClFNO3/c1-9-2-3-11(16)7-14(9)20-13-5-4-12(17(18)19)6-10(13)8-15/h2-7H,8H2,1H3. The molecule has 0 amide bonds. The average molecular weight is 296 g/mol. The van der Waals surface area contributed by atoms with E-state index in [0.717, 1.165) is 5.56 Å². The van der Waals surface area contributed by atoms with Crippen LogP contribution in [0.15, 0.2) is 36.4 Å². The normalized spacial score (nSPS) is 10.3. The Labute approximate surface area is 119 Å². The lowest BCUT2D eigenvalue weighted by molar-refractivity contribution is -0.384. The molecule has 0 aliphatic rings. The number of nitro benzene ring substituents is 1. The van der Waals surface area contributed by atoms with E-state index in [1.165, 1.54) is 30.3 Å². The molecule has 0 fully saturated rings. The molecule has 2 rings (SSSR count). The highest BCUT2D eigenvalue weighted by atomic mass is 35.5. The molecule has 4 nitrogen and oxygen atoms in total. The van der Waals surface area contributed by atoms with E-state index in [1.807, 2.05) is 0 Å². The number of alkyl halides is 1. The molecule has 104 valence electrons. The molecule has 20 heavy (non-hydrogen) atoms. The molecule has 0 aliphatic heterocycles. The Balaban J connectivity index is 2.38. The number of halogens is 2. The predicted octanol–water partition coefficient (Wildman–Crippen LogP) is 4.57. The quantitative estimate of drug-likeness (QED) is 0.471. The molecule has 2 aromatic rings. The van der Waals surface area contributed by atoms with Crippen molar-refractivity contribution in [3.63, 3.8) is 0 Å². The first-order valence-electron chi connectivity index (χ1n) is 5.78. The van der Waals surface area contributed by atoms with E-state index < -0.39 is 10.7 Å². The van der Waals surface area contributed by atoms with Crippen LogP contribution in [-0.4, -0.2) is 4.92 Å².